The van der Waals surface area contributed by atoms with Crippen LogP contribution in [0.1, 0.15) is 11.1 Å². The predicted molar refractivity (Wildman–Crippen MR) is 61.3 cm³/mol. The van der Waals surface area contributed by atoms with Gasteiger partial charge in [-0.1, -0.05) is 36.4 Å². The summed E-state index contributed by atoms with van der Waals surface area (Å²) in [5.41, 5.74) is 2.68. The van der Waals surface area contributed by atoms with Crippen molar-refractivity contribution < 1.29 is 0 Å². The summed E-state index contributed by atoms with van der Waals surface area (Å²) in [5, 5.41) is 18.1. The van der Waals surface area contributed by atoms with E-state index in [1.165, 1.54) is 0 Å². The maximum Gasteiger partial charge on any atom is 0.0998 e. The van der Waals surface area contributed by atoms with Crippen molar-refractivity contribution in [1.82, 2.24) is 0 Å². The number of hydrogen-bond acceptors (Lipinski definition) is 2. The summed E-state index contributed by atoms with van der Waals surface area (Å²) in [6.45, 7) is 0. The van der Waals surface area contributed by atoms with Crippen LogP contribution in [-0.4, -0.2) is 0 Å². The van der Waals surface area contributed by atoms with Gasteiger partial charge in [-0.15, -0.1) is 0 Å². The van der Waals surface area contributed by atoms with Crippen LogP contribution in [0.3, 0.4) is 0 Å². The van der Waals surface area contributed by atoms with Gasteiger partial charge in [-0.25, -0.2) is 0 Å². The minimum atomic E-state index is 0.533. The van der Waals surface area contributed by atoms with Gasteiger partial charge >= 0.3 is 0 Å². The smallest absolute Gasteiger partial charge is 0.0998 e. The van der Waals surface area contributed by atoms with Crippen LogP contribution in [0.25, 0.3) is 11.1 Å². The number of hydrogen-bond donors (Lipinski definition) is 0. The average molecular weight is 204 g/mol. The molecule has 0 fully saturated rings. The zero-order chi connectivity index (χ0) is 11.4. The zero-order valence-corrected chi connectivity index (χ0v) is 8.51. The molecule has 2 nitrogen and oxygen atoms in total. The van der Waals surface area contributed by atoms with Crippen LogP contribution in [-0.2, 0) is 0 Å². The molecule has 0 aliphatic rings. The molecule has 0 N–H and O–H groups in total. The van der Waals surface area contributed by atoms with Crippen molar-refractivity contribution in [3.8, 4) is 23.3 Å². The van der Waals surface area contributed by atoms with Gasteiger partial charge < -0.3 is 0 Å². The molecule has 74 valence electrons. The fourth-order valence-electron chi connectivity index (χ4n) is 1.65. The lowest BCUT2D eigenvalue weighted by Crippen LogP contribution is -1.88. The van der Waals surface area contributed by atoms with Crippen LogP contribution < -0.4 is 0 Å². The first-order chi connectivity index (χ1) is 7.86. The van der Waals surface area contributed by atoms with Gasteiger partial charge in [-0.05, 0) is 17.7 Å². The average Bonchev–Trinajstić information content (AvgIpc) is 2.38. The topological polar surface area (TPSA) is 47.6 Å². The van der Waals surface area contributed by atoms with E-state index in [0.717, 1.165) is 5.56 Å². The molecular weight excluding hydrogens is 196 g/mol. The highest BCUT2D eigenvalue weighted by Crippen LogP contribution is 2.26. The Morgan fingerprint density at radius 3 is 1.75 bits per heavy atom. The monoisotopic (exact) mass is 204 g/mol. The molecule has 0 aliphatic carbocycles. The highest BCUT2D eigenvalue weighted by molar-refractivity contribution is 5.76. The Morgan fingerprint density at radius 1 is 0.688 bits per heavy atom. The van der Waals surface area contributed by atoms with Gasteiger partial charge in [0.2, 0.25) is 0 Å². The van der Waals surface area contributed by atoms with Crippen LogP contribution in [0.4, 0.5) is 0 Å². The molecule has 2 aromatic rings. The Morgan fingerprint density at radius 2 is 1.25 bits per heavy atom. The van der Waals surface area contributed by atoms with Gasteiger partial charge in [0.05, 0.1) is 23.3 Å². The number of rotatable bonds is 1. The molecule has 0 saturated carbocycles. The van der Waals surface area contributed by atoms with E-state index in [2.05, 4.69) is 12.1 Å². The molecule has 2 aromatic carbocycles. The molecule has 0 atom stereocenters. The normalized spacial score (nSPS) is 9.12. The van der Waals surface area contributed by atoms with Crippen LogP contribution in [0, 0.1) is 22.7 Å². The zero-order valence-electron chi connectivity index (χ0n) is 8.51. The predicted octanol–water partition coefficient (Wildman–Crippen LogP) is 3.10. The molecule has 0 aliphatic heterocycles. The van der Waals surface area contributed by atoms with Gasteiger partial charge in [0.1, 0.15) is 0 Å². The van der Waals surface area contributed by atoms with Crippen molar-refractivity contribution in [2.75, 3.05) is 0 Å². The van der Waals surface area contributed by atoms with Crippen LogP contribution >= 0.6 is 0 Å². The molecule has 2 heteroatoms. The lowest BCUT2D eigenvalue weighted by Gasteiger charge is -2.05. The van der Waals surface area contributed by atoms with Crippen molar-refractivity contribution in [1.29, 1.82) is 10.5 Å². The van der Waals surface area contributed by atoms with Gasteiger partial charge in [0, 0.05) is 5.56 Å². The summed E-state index contributed by atoms with van der Waals surface area (Å²) in [6.07, 6.45) is 0. The number of nitrogens with zero attached hydrogens (tertiary/aromatic N) is 2. The third-order valence-electron chi connectivity index (χ3n) is 2.37. The van der Waals surface area contributed by atoms with E-state index in [-0.39, 0.29) is 0 Å². The molecule has 0 heterocycles. The Kier molecular flexibility index (Phi) is 2.67. The Balaban J connectivity index is 2.74. The SMILES string of the molecule is N#Cc1cccc(C#N)c1-c1ccccc1. The van der Waals surface area contributed by atoms with Gasteiger partial charge in [0.25, 0.3) is 0 Å². The molecule has 0 bridgehead atoms. The molecule has 0 unspecified atom stereocenters. The second-order valence-electron chi connectivity index (χ2n) is 3.32. The highest BCUT2D eigenvalue weighted by atomic mass is 14.3. The molecule has 0 saturated heterocycles. The minimum absolute atomic E-state index is 0.533. The second kappa shape index (κ2) is 4.29. The molecule has 2 rings (SSSR count). The lowest BCUT2D eigenvalue weighted by molar-refractivity contribution is 1.44. The van der Waals surface area contributed by atoms with Gasteiger partial charge in [-0.3, -0.25) is 0 Å². The minimum Gasteiger partial charge on any atom is -0.192 e. The first-order valence-corrected chi connectivity index (χ1v) is 4.85. The molecule has 0 amide bonds. The van der Waals surface area contributed by atoms with Crippen molar-refractivity contribution >= 4 is 0 Å². The van der Waals surface area contributed by atoms with E-state index >= 15 is 0 Å². The van der Waals surface area contributed by atoms with Crippen molar-refractivity contribution in [3.05, 3.63) is 59.7 Å². The first kappa shape index (κ1) is 9.96. The highest BCUT2D eigenvalue weighted by Gasteiger charge is 2.09. The van der Waals surface area contributed by atoms with Crippen LogP contribution in [0.5, 0.6) is 0 Å². The maximum atomic E-state index is 9.04. The van der Waals surface area contributed by atoms with Crippen molar-refractivity contribution in [2.24, 2.45) is 0 Å². The Bertz CT molecular complexity index is 554. The van der Waals surface area contributed by atoms with Crippen LogP contribution in [0.2, 0.25) is 0 Å². The Labute approximate surface area is 94.0 Å². The summed E-state index contributed by atoms with van der Waals surface area (Å²) in [6, 6.07) is 18.9. The third-order valence-corrected chi connectivity index (χ3v) is 2.37. The molecule has 0 spiro atoms. The van der Waals surface area contributed by atoms with Crippen molar-refractivity contribution in [2.45, 2.75) is 0 Å². The summed E-state index contributed by atoms with van der Waals surface area (Å²) in [4.78, 5) is 0. The van der Waals surface area contributed by atoms with Crippen molar-refractivity contribution in [3.63, 3.8) is 0 Å². The summed E-state index contributed by atoms with van der Waals surface area (Å²) < 4.78 is 0. The fourth-order valence-corrected chi connectivity index (χ4v) is 1.65. The summed E-state index contributed by atoms with van der Waals surface area (Å²) in [5.74, 6) is 0. The first-order valence-electron chi connectivity index (χ1n) is 4.85. The van der Waals surface area contributed by atoms with Gasteiger partial charge in [0.15, 0.2) is 0 Å². The largest absolute Gasteiger partial charge is 0.192 e. The maximum absolute atomic E-state index is 9.04. The number of nitriles is 2. The van der Waals surface area contributed by atoms with E-state index in [0.29, 0.717) is 16.7 Å². The quantitative estimate of drug-likeness (QED) is 0.716. The summed E-state index contributed by atoms with van der Waals surface area (Å²) >= 11 is 0. The molecule has 0 radical (unpaired) electrons. The van der Waals surface area contributed by atoms with E-state index in [9.17, 15) is 0 Å². The van der Waals surface area contributed by atoms with E-state index in [4.69, 9.17) is 10.5 Å². The third kappa shape index (κ3) is 1.65. The standard InChI is InChI=1S/C14H8N2/c15-9-12-7-4-8-13(10-16)14(12)11-5-2-1-3-6-11/h1-8H. The Hall–Kier alpha value is -2.58. The summed E-state index contributed by atoms with van der Waals surface area (Å²) in [7, 11) is 0. The molecule has 16 heavy (non-hydrogen) atoms. The van der Waals surface area contributed by atoms with E-state index in [1.54, 1.807) is 18.2 Å². The number of benzene rings is 2. The molecular formula is C14H8N2. The fraction of sp³-hybridized carbons (Fsp3) is 0. The molecule has 0 aromatic heterocycles. The van der Waals surface area contributed by atoms with E-state index < -0.39 is 0 Å². The van der Waals surface area contributed by atoms with Crippen LogP contribution in [0.15, 0.2) is 48.5 Å². The van der Waals surface area contributed by atoms with Gasteiger partial charge in [-0.2, -0.15) is 10.5 Å². The van der Waals surface area contributed by atoms with E-state index in [1.807, 2.05) is 30.3 Å². The second-order valence-corrected chi connectivity index (χ2v) is 3.32. The lowest BCUT2D eigenvalue weighted by atomic mass is 9.95.